The van der Waals surface area contributed by atoms with Gasteiger partial charge in [-0.15, -0.1) is 11.8 Å². The van der Waals surface area contributed by atoms with Gasteiger partial charge in [0.2, 0.25) is 11.8 Å². The first-order valence-corrected chi connectivity index (χ1v) is 11.4. The maximum Gasteiger partial charge on any atom is 0.230 e. The predicted octanol–water partition coefficient (Wildman–Crippen LogP) is 2.42. The number of benzene rings is 1. The molecule has 0 atom stereocenters. The summed E-state index contributed by atoms with van der Waals surface area (Å²) >= 11 is 1.46. The van der Waals surface area contributed by atoms with Crippen LogP contribution in [0.5, 0.6) is 5.75 Å². The first-order valence-electron chi connectivity index (χ1n) is 10.2. The second-order valence-corrected chi connectivity index (χ2v) is 8.30. The number of nitrogens with one attached hydrogen (secondary N) is 1. The van der Waals surface area contributed by atoms with Gasteiger partial charge in [0.15, 0.2) is 5.82 Å². The fourth-order valence-electron chi connectivity index (χ4n) is 3.25. The van der Waals surface area contributed by atoms with E-state index in [0.717, 1.165) is 43.9 Å². The maximum absolute atomic E-state index is 12.1. The Bertz CT molecular complexity index is 795. The van der Waals surface area contributed by atoms with E-state index in [0.29, 0.717) is 42.4 Å². The number of thioether (sulfide) groups is 1. The van der Waals surface area contributed by atoms with Gasteiger partial charge in [0.25, 0.3) is 0 Å². The van der Waals surface area contributed by atoms with Crippen LogP contribution in [0.25, 0.3) is 0 Å². The lowest BCUT2D eigenvalue weighted by atomic mass is 10.1. The second-order valence-electron chi connectivity index (χ2n) is 7.32. The summed E-state index contributed by atoms with van der Waals surface area (Å²) in [5, 5.41) is 6.75. The number of aromatic nitrogens is 2. The van der Waals surface area contributed by atoms with Crippen LogP contribution in [0.15, 0.2) is 28.8 Å². The molecule has 0 spiro atoms. The van der Waals surface area contributed by atoms with Crippen molar-refractivity contribution in [3.63, 3.8) is 0 Å². The van der Waals surface area contributed by atoms with Crippen molar-refractivity contribution in [1.29, 1.82) is 0 Å². The first-order chi connectivity index (χ1) is 14.6. The molecule has 1 fully saturated rings. The summed E-state index contributed by atoms with van der Waals surface area (Å²) in [5.41, 5.74) is 1.01. The van der Waals surface area contributed by atoms with Crippen LogP contribution in [0.1, 0.15) is 30.1 Å². The first kappa shape index (κ1) is 22.6. The van der Waals surface area contributed by atoms with Gasteiger partial charge in [0.1, 0.15) is 12.4 Å². The third-order valence-electron chi connectivity index (χ3n) is 4.95. The van der Waals surface area contributed by atoms with E-state index in [1.165, 1.54) is 11.8 Å². The van der Waals surface area contributed by atoms with Crippen LogP contribution < -0.4 is 10.1 Å². The summed E-state index contributed by atoms with van der Waals surface area (Å²) in [4.78, 5) is 18.5. The van der Waals surface area contributed by atoms with Gasteiger partial charge in [-0.05, 0) is 37.6 Å². The number of hydrogen-bond donors (Lipinski definition) is 1. The highest BCUT2D eigenvalue weighted by Gasteiger charge is 2.18. The molecule has 3 rings (SSSR count). The molecule has 9 heteroatoms. The van der Waals surface area contributed by atoms with Crippen molar-refractivity contribution < 1.29 is 18.8 Å². The van der Waals surface area contributed by atoms with Crippen LogP contribution in [0, 0.1) is 6.92 Å². The summed E-state index contributed by atoms with van der Waals surface area (Å²) in [6, 6.07) is 8.43. The van der Waals surface area contributed by atoms with Gasteiger partial charge < -0.3 is 19.3 Å². The highest BCUT2D eigenvalue weighted by atomic mass is 32.2. The zero-order valence-electron chi connectivity index (χ0n) is 17.6. The average Bonchev–Trinajstić information content (AvgIpc) is 3.18. The molecule has 1 saturated heterocycles. The molecule has 1 N–H and O–H groups in total. The Hall–Kier alpha value is -2.10. The fraction of sp³-hybridized carbons (Fsp3) is 0.571. The number of nitrogens with zero attached hydrogens (tertiary/aromatic N) is 3. The second kappa shape index (κ2) is 11.9. The smallest absolute Gasteiger partial charge is 0.230 e. The summed E-state index contributed by atoms with van der Waals surface area (Å²) in [7, 11) is 2.14. The molecule has 8 nitrogen and oxygen atoms in total. The van der Waals surface area contributed by atoms with E-state index in [1.54, 1.807) is 6.92 Å². The summed E-state index contributed by atoms with van der Waals surface area (Å²) in [6.45, 7) is 5.42. The molecule has 0 saturated carbocycles. The van der Waals surface area contributed by atoms with Gasteiger partial charge in [0, 0.05) is 39.3 Å². The van der Waals surface area contributed by atoms with E-state index >= 15 is 0 Å². The maximum atomic E-state index is 12.1. The molecule has 0 unspecified atom stereocenters. The largest absolute Gasteiger partial charge is 0.492 e. The molecule has 2 aromatic rings. The number of hydrogen-bond acceptors (Lipinski definition) is 8. The third-order valence-corrected chi connectivity index (χ3v) is 5.88. The van der Waals surface area contributed by atoms with Crippen LogP contribution >= 0.6 is 11.8 Å². The third kappa shape index (κ3) is 7.62. The van der Waals surface area contributed by atoms with Gasteiger partial charge in [0.05, 0.1) is 11.5 Å². The quantitative estimate of drug-likeness (QED) is 0.577. The molecular weight excluding hydrogens is 404 g/mol. The molecule has 0 aliphatic carbocycles. The van der Waals surface area contributed by atoms with E-state index in [1.807, 2.05) is 24.3 Å². The number of aryl methyl sites for hydroxylation is 1. The Kier molecular flexibility index (Phi) is 8.98. The number of ether oxygens (including phenoxy) is 2. The molecule has 1 aliphatic heterocycles. The van der Waals surface area contributed by atoms with E-state index in [2.05, 4.69) is 27.4 Å². The van der Waals surface area contributed by atoms with Crippen LogP contribution in [-0.2, 0) is 21.8 Å². The number of carbonyl (C=O) groups excluding carboxylic acids is 1. The van der Waals surface area contributed by atoms with Crippen molar-refractivity contribution in [2.24, 2.45) is 0 Å². The molecule has 30 heavy (non-hydrogen) atoms. The number of carbonyl (C=O) groups is 1. The number of amides is 1. The van der Waals surface area contributed by atoms with Gasteiger partial charge >= 0.3 is 0 Å². The normalized spacial score (nSPS) is 14.8. The van der Waals surface area contributed by atoms with Crippen molar-refractivity contribution in [1.82, 2.24) is 20.4 Å². The van der Waals surface area contributed by atoms with Crippen molar-refractivity contribution in [3.05, 3.63) is 41.5 Å². The Balaban J connectivity index is 1.33. The van der Waals surface area contributed by atoms with Crippen LogP contribution in [0.4, 0.5) is 0 Å². The lowest BCUT2D eigenvalue weighted by Crippen LogP contribution is -2.38. The Morgan fingerprint density at radius 1 is 1.37 bits per heavy atom. The average molecular weight is 435 g/mol. The summed E-state index contributed by atoms with van der Waals surface area (Å²) in [6.07, 6.45) is 2.16. The lowest BCUT2D eigenvalue weighted by Gasteiger charge is -2.31. The monoisotopic (exact) mass is 434 g/mol. The van der Waals surface area contributed by atoms with Crippen molar-refractivity contribution in [2.45, 2.75) is 38.1 Å². The zero-order chi connectivity index (χ0) is 21.2. The molecule has 0 bridgehead atoms. The zero-order valence-corrected chi connectivity index (χ0v) is 18.5. The minimum Gasteiger partial charge on any atom is -0.492 e. The standard InChI is InChI=1S/C21H30N4O4S/c1-16-23-20(24-29-16)14-30-15-21(26)22-13-17-4-3-5-19(12-17)28-11-8-25(2)18-6-9-27-10-7-18/h3-5,12,18H,6-11,13-15H2,1-2H3,(H,22,26). The topological polar surface area (TPSA) is 89.7 Å². The van der Waals surface area contributed by atoms with Gasteiger partial charge in [-0.25, -0.2) is 0 Å². The fourth-order valence-corrected chi connectivity index (χ4v) is 3.94. The molecule has 1 aromatic heterocycles. The predicted molar refractivity (Wildman–Crippen MR) is 115 cm³/mol. The Morgan fingerprint density at radius 3 is 2.97 bits per heavy atom. The Morgan fingerprint density at radius 2 is 2.20 bits per heavy atom. The van der Waals surface area contributed by atoms with Gasteiger partial charge in [-0.1, -0.05) is 17.3 Å². The molecule has 1 aliphatic rings. The van der Waals surface area contributed by atoms with Crippen molar-refractivity contribution >= 4 is 17.7 Å². The SMILES string of the molecule is Cc1nc(CSCC(=O)NCc2cccc(OCCN(C)C3CCOCC3)c2)no1. The van der Waals surface area contributed by atoms with Crippen LogP contribution in [-0.4, -0.2) is 66.2 Å². The molecule has 0 radical (unpaired) electrons. The molecular formula is C21H30N4O4S. The lowest BCUT2D eigenvalue weighted by molar-refractivity contribution is -0.118. The minimum absolute atomic E-state index is 0.0235. The van der Waals surface area contributed by atoms with Crippen LogP contribution in [0.2, 0.25) is 0 Å². The van der Waals surface area contributed by atoms with E-state index in [9.17, 15) is 4.79 Å². The molecule has 2 heterocycles. The minimum atomic E-state index is -0.0235. The highest BCUT2D eigenvalue weighted by molar-refractivity contribution is 7.99. The van der Waals surface area contributed by atoms with E-state index in [4.69, 9.17) is 14.0 Å². The summed E-state index contributed by atoms with van der Waals surface area (Å²) < 4.78 is 16.3. The summed E-state index contributed by atoms with van der Waals surface area (Å²) in [5.74, 6) is 2.84. The molecule has 1 amide bonds. The van der Waals surface area contributed by atoms with Gasteiger partial charge in [-0.3, -0.25) is 9.69 Å². The van der Waals surface area contributed by atoms with Gasteiger partial charge in [-0.2, -0.15) is 4.98 Å². The molecule has 164 valence electrons. The highest BCUT2D eigenvalue weighted by Crippen LogP contribution is 2.15. The number of likely N-dealkylation sites (N-methyl/N-ethyl adjacent to an activating group) is 1. The van der Waals surface area contributed by atoms with Crippen molar-refractivity contribution in [3.8, 4) is 5.75 Å². The van der Waals surface area contributed by atoms with Crippen molar-refractivity contribution in [2.75, 3.05) is 39.2 Å². The Labute approximate surface area is 181 Å². The van der Waals surface area contributed by atoms with E-state index in [-0.39, 0.29) is 5.91 Å². The van der Waals surface area contributed by atoms with Crippen LogP contribution in [0.3, 0.4) is 0 Å². The van der Waals surface area contributed by atoms with E-state index < -0.39 is 0 Å². The number of rotatable bonds is 11. The molecule has 1 aromatic carbocycles.